The summed E-state index contributed by atoms with van der Waals surface area (Å²) in [6.07, 6.45) is 1.39. The summed E-state index contributed by atoms with van der Waals surface area (Å²) in [5.74, 6) is 0.679. The monoisotopic (exact) mass is 448 g/mol. The molecule has 1 fully saturated rings. The zero-order valence-corrected chi connectivity index (χ0v) is 19.3. The molecule has 1 aliphatic heterocycles. The van der Waals surface area contributed by atoms with Crippen molar-refractivity contribution in [3.05, 3.63) is 53.9 Å². The van der Waals surface area contributed by atoms with E-state index in [9.17, 15) is 8.42 Å². The zero-order valence-electron chi connectivity index (χ0n) is 18.4. The topological polar surface area (TPSA) is 94.3 Å². The van der Waals surface area contributed by atoms with Crippen molar-refractivity contribution in [2.75, 3.05) is 53.4 Å². The second-order valence-corrected chi connectivity index (χ2v) is 9.69. The third-order valence-electron chi connectivity index (χ3n) is 5.31. The van der Waals surface area contributed by atoms with Gasteiger partial charge >= 0.3 is 0 Å². The summed E-state index contributed by atoms with van der Waals surface area (Å²) in [5.41, 5.74) is 1.64. The molecule has 10 heteroatoms. The van der Waals surface area contributed by atoms with Gasteiger partial charge in [0.05, 0.1) is 18.3 Å². The molecule has 0 amide bonds. The van der Waals surface area contributed by atoms with E-state index in [1.807, 2.05) is 25.1 Å². The zero-order chi connectivity index (χ0) is 22.3. The third-order valence-corrected chi connectivity index (χ3v) is 7.12. The number of aromatic nitrogens is 1. The Kier molecular flexibility index (Phi) is 8.05. The first-order valence-corrected chi connectivity index (χ1v) is 12.1. The minimum absolute atomic E-state index is 0.140. The highest BCUT2D eigenvalue weighted by Gasteiger charge is 2.29. The molecule has 1 N–H and O–H groups in total. The van der Waals surface area contributed by atoms with Crippen molar-refractivity contribution in [2.45, 2.75) is 18.7 Å². The lowest BCUT2D eigenvalue weighted by atomic mass is 10.1. The summed E-state index contributed by atoms with van der Waals surface area (Å²) in [6, 6.07) is 12.1. The van der Waals surface area contributed by atoms with Gasteiger partial charge in [-0.3, -0.25) is 4.99 Å². The van der Waals surface area contributed by atoms with Crippen LogP contribution in [0.4, 0.5) is 0 Å². The Labute approximate surface area is 184 Å². The van der Waals surface area contributed by atoms with Gasteiger partial charge in [-0.15, -0.1) is 0 Å². The van der Waals surface area contributed by atoms with Crippen LogP contribution in [0.2, 0.25) is 0 Å². The van der Waals surface area contributed by atoms with E-state index < -0.39 is 10.0 Å². The number of likely N-dealkylation sites (N-methyl/N-ethyl adjacent to an activating group) is 1. The van der Waals surface area contributed by atoms with E-state index in [4.69, 9.17) is 9.52 Å². The van der Waals surface area contributed by atoms with Crippen molar-refractivity contribution in [1.82, 2.24) is 24.6 Å². The van der Waals surface area contributed by atoms with Crippen LogP contribution in [0.5, 0.6) is 0 Å². The quantitative estimate of drug-likeness (QED) is 0.482. The second kappa shape index (κ2) is 10.7. The normalized spacial score (nSPS) is 17.2. The van der Waals surface area contributed by atoms with Crippen LogP contribution in [-0.2, 0) is 15.8 Å². The maximum Gasteiger partial charge on any atom is 0.220 e. The van der Waals surface area contributed by atoms with E-state index in [1.165, 1.54) is 16.1 Å². The van der Waals surface area contributed by atoms with Gasteiger partial charge in [-0.05, 0) is 26.6 Å². The maximum absolute atomic E-state index is 12.7. The van der Waals surface area contributed by atoms with Gasteiger partial charge < -0.3 is 19.6 Å². The Morgan fingerprint density at radius 1 is 1.19 bits per heavy atom. The number of hydrogen-bond donors (Lipinski definition) is 1. The lowest BCUT2D eigenvalue weighted by Gasteiger charge is -2.36. The molecule has 1 unspecified atom stereocenters. The van der Waals surface area contributed by atoms with Crippen LogP contribution in [0.1, 0.15) is 24.2 Å². The predicted octanol–water partition coefficient (Wildman–Crippen LogP) is 1.39. The molecular formula is C21H32N6O3S. The molecule has 0 aliphatic carbocycles. The van der Waals surface area contributed by atoms with Gasteiger partial charge in [-0.1, -0.05) is 35.5 Å². The SMILES string of the molecule is CCNC(=NCC(c1ccccc1)N(C)C)N1CCN(S(=O)(=O)Cc2ccon2)CC1. The molecule has 0 radical (unpaired) electrons. The number of piperazine rings is 1. The highest BCUT2D eigenvalue weighted by Crippen LogP contribution is 2.19. The Balaban J connectivity index is 1.64. The molecule has 1 aromatic carbocycles. The van der Waals surface area contributed by atoms with Gasteiger partial charge in [0.2, 0.25) is 10.0 Å². The average Bonchev–Trinajstić information content (AvgIpc) is 3.26. The number of rotatable bonds is 8. The standard InChI is InChI=1S/C21H32N6O3S/c1-4-22-21(23-16-20(25(2)3)18-8-6-5-7-9-18)26-11-13-27(14-12-26)31(28,29)17-19-10-15-30-24-19/h5-10,15,20H,4,11-14,16-17H2,1-3H3,(H,22,23). The van der Waals surface area contributed by atoms with E-state index in [0.29, 0.717) is 38.4 Å². The van der Waals surface area contributed by atoms with Crippen molar-refractivity contribution in [3.63, 3.8) is 0 Å². The van der Waals surface area contributed by atoms with Crippen molar-refractivity contribution in [1.29, 1.82) is 0 Å². The van der Waals surface area contributed by atoms with Gasteiger partial charge in [0.1, 0.15) is 12.0 Å². The summed E-state index contributed by atoms with van der Waals surface area (Å²) < 4.78 is 31.6. The fourth-order valence-electron chi connectivity index (χ4n) is 3.61. The first-order valence-electron chi connectivity index (χ1n) is 10.5. The molecule has 1 aromatic heterocycles. The van der Waals surface area contributed by atoms with Crippen molar-refractivity contribution < 1.29 is 12.9 Å². The van der Waals surface area contributed by atoms with Crippen LogP contribution < -0.4 is 5.32 Å². The largest absolute Gasteiger partial charge is 0.364 e. The Hall–Kier alpha value is -2.43. The van der Waals surface area contributed by atoms with Crippen LogP contribution in [0, 0.1) is 0 Å². The van der Waals surface area contributed by atoms with Gasteiger partial charge in [0.15, 0.2) is 5.96 Å². The minimum Gasteiger partial charge on any atom is -0.364 e. The van der Waals surface area contributed by atoms with Gasteiger partial charge in [-0.2, -0.15) is 4.31 Å². The molecule has 0 saturated carbocycles. The fraction of sp³-hybridized carbons (Fsp3) is 0.524. The van der Waals surface area contributed by atoms with E-state index in [1.54, 1.807) is 6.07 Å². The van der Waals surface area contributed by atoms with Crippen LogP contribution in [0.25, 0.3) is 0 Å². The van der Waals surface area contributed by atoms with Crippen LogP contribution in [0.3, 0.4) is 0 Å². The molecule has 9 nitrogen and oxygen atoms in total. The number of hydrogen-bond acceptors (Lipinski definition) is 6. The van der Waals surface area contributed by atoms with Crippen LogP contribution >= 0.6 is 0 Å². The van der Waals surface area contributed by atoms with Gasteiger partial charge in [0, 0.05) is 38.8 Å². The summed E-state index contributed by atoms with van der Waals surface area (Å²) >= 11 is 0. The number of aliphatic imine (C=N–C) groups is 1. The van der Waals surface area contributed by atoms with Crippen molar-refractivity contribution >= 4 is 16.0 Å². The molecule has 0 spiro atoms. The second-order valence-electron chi connectivity index (χ2n) is 7.72. The van der Waals surface area contributed by atoms with E-state index in [-0.39, 0.29) is 11.8 Å². The van der Waals surface area contributed by atoms with Crippen LogP contribution in [-0.4, -0.2) is 87.0 Å². The summed E-state index contributed by atoms with van der Waals surface area (Å²) in [7, 11) is 0.685. The van der Waals surface area contributed by atoms with Crippen LogP contribution in [0.15, 0.2) is 52.2 Å². The summed E-state index contributed by atoms with van der Waals surface area (Å²) in [4.78, 5) is 9.17. The molecule has 1 saturated heterocycles. The average molecular weight is 449 g/mol. The van der Waals surface area contributed by atoms with Gasteiger partial charge in [0.25, 0.3) is 0 Å². The fourth-order valence-corrected chi connectivity index (χ4v) is 5.03. The summed E-state index contributed by atoms with van der Waals surface area (Å²) in [6.45, 7) is 5.41. The maximum atomic E-state index is 12.7. The molecule has 2 heterocycles. The first-order chi connectivity index (χ1) is 14.9. The Morgan fingerprint density at radius 2 is 1.90 bits per heavy atom. The smallest absolute Gasteiger partial charge is 0.220 e. The number of sulfonamides is 1. The lowest BCUT2D eigenvalue weighted by Crippen LogP contribution is -2.54. The number of benzene rings is 1. The number of nitrogens with one attached hydrogen (secondary N) is 1. The Morgan fingerprint density at radius 3 is 2.48 bits per heavy atom. The molecule has 170 valence electrons. The number of guanidine groups is 1. The van der Waals surface area contributed by atoms with Crippen molar-refractivity contribution in [3.8, 4) is 0 Å². The molecule has 0 bridgehead atoms. The predicted molar refractivity (Wildman–Crippen MR) is 121 cm³/mol. The molecule has 1 aliphatic rings. The lowest BCUT2D eigenvalue weighted by molar-refractivity contribution is 0.257. The highest BCUT2D eigenvalue weighted by molar-refractivity contribution is 7.88. The highest BCUT2D eigenvalue weighted by atomic mass is 32.2. The first kappa shape index (κ1) is 23.2. The molecule has 31 heavy (non-hydrogen) atoms. The molecular weight excluding hydrogens is 416 g/mol. The molecule has 2 aromatic rings. The van der Waals surface area contributed by atoms with E-state index in [0.717, 1.165) is 12.5 Å². The van der Waals surface area contributed by atoms with Gasteiger partial charge in [-0.25, -0.2) is 8.42 Å². The summed E-state index contributed by atoms with van der Waals surface area (Å²) in [5, 5.41) is 7.07. The minimum atomic E-state index is -3.42. The molecule has 1 atom stereocenters. The molecule has 3 rings (SSSR count). The van der Waals surface area contributed by atoms with E-state index in [2.05, 4.69) is 46.5 Å². The van der Waals surface area contributed by atoms with Crippen molar-refractivity contribution in [2.24, 2.45) is 4.99 Å². The number of nitrogens with zero attached hydrogens (tertiary/aromatic N) is 5. The van der Waals surface area contributed by atoms with E-state index >= 15 is 0 Å². The third kappa shape index (κ3) is 6.28. The Bertz CT molecular complexity index is 923.